The molecule has 1 heterocycles. The highest BCUT2D eigenvalue weighted by Gasteiger charge is 2.00. The summed E-state index contributed by atoms with van der Waals surface area (Å²) >= 11 is 3.43. The molecule has 0 saturated carbocycles. The van der Waals surface area contributed by atoms with Crippen LogP contribution in [0.25, 0.3) is 0 Å². The van der Waals surface area contributed by atoms with Gasteiger partial charge in [-0.3, -0.25) is 0 Å². The van der Waals surface area contributed by atoms with Gasteiger partial charge in [-0.05, 0) is 24.6 Å². The average Bonchev–Trinajstić information content (AvgIpc) is 2.76. The van der Waals surface area contributed by atoms with Crippen LogP contribution in [0.1, 0.15) is 5.56 Å². The second-order valence-electron chi connectivity index (χ2n) is 3.56. The lowest BCUT2D eigenvalue weighted by atomic mass is 10.2. The molecular weight excluding hydrogens is 268 g/mol. The van der Waals surface area contributed by atoms with Crippen LogP contribution >= 0.6 is 15.9 Å². The third-order valence-electron chi connectivity index (χ3n) is 2.32. The summed E-state index contributed by atoms with van der Waals surface area (Å²) in [5, 5.41) is 0. The van der Waals surface area contributed by atoms with Gasteiger partial charge in [0, 0.05) is 16.9 Å². The maximum Gasteiger partial charge on any atom is 0.123 e. The fraction of sp³-hybridized carbons (Fsp3) is 0.250. The Morgan fingerprint density at radius 1 is 1.44 bits per heavy atom. The van der Waals surface area contributed by atoms with Crippen LogP contribution in [0.5, 0.6) is 5.75 Å². The van der Waals surface area contributed by atoms with E-state index in [1.54, 1.807) is 12.5 Å². The number of hydrogen-bond acceptors (Lipinski definition) is 2. The van der Waals surface area contributed by atoms with Crippen LogP contribution in [-0.2, 0) is 6.54 Å². The molecule has 1 aromatic heterocycles. The van der Waals surface area contributed by atoms with Gasteiger partial charge in [0.15, 0.2) is 0 Å². The topological polar surface area (TPSA) is 27.1 Å². The molecule has 0 saturated heterocycles. The van der Waals surface area contributed by atoms with E-state index >= 15 is 0 Å². The van der Waals surface area contributed by atoms with E-state index in [4.69, 9.17) is 4.74 Å². The summed E-state index contributed by atoms with van der Waals surface area (Å²) in [4.78, 5) is 3.98. The molecule has 0 amide bonds. The number of aromatic nitrogens is 2. The molecule has 0 aliphatic heterocycles. The van der Waals surface area contributed by atoms with Gasteiger partial charge < -0.3 is 9.30 Å². The Kier molecular flexibility index (Phi) is 3.62. The third-order valence-corrected chi connectivity index (χ3v) is 2.81. The lowest BCUT2D eigenvalue weighted by Crippen LogP contribution is -2.07. The Bertz CT molecular complexity index is 454. The summed E-state index contributed by atoms with van der Waals surface area (Å²) in [7, 11) is 0. The minimum absolute atomic E-state index is 0.646. The van der Waals surface area contributed by atoms with Gasteiger partial charge in [0.25, 0.3) is 0 Å². The molecule has 0 atom stereocenters. The van der Waals surface area contributed by atoms with E-state index in [9.17, 15) is 0 Å². The van der Waals surface area contributed by atoms with Crippen molar-refractivity contribution in [1.82, 2.24) is 9.55 Å². The van der Waals surface area contributed by atoms with E-state index in [1.807, 2.05) is 35.9 Å². The van der Waals surface area contributed by atoms with E-state index in [-0.39, 0.29) is 0 Å². The van der Waals surface area contributed by atoms with Gasteiger partial charge in [-0.15, -0.1) is 0 Å². The molecule has 2 aromatic rings. The predicted molar refractivity (Wildman–Crippen MR) is 66.6 cm³/mol. The van der Waals surface area contributed by atoms with Crippen molar-refractivity contribution in [3.63, 3.8) is 0 Å². The average molecular weight is 281 g/mol. The molecule has 0 bridgehead atoms. The van der Waals surface area contributed by atoms with Gasteiger partial charge >= 0.3 is 0 Å². The minimum atomic E-state index is 0.646. The van der Waals surface area contributed by atoms with Crippen molar-refractivity contribution in [2.24, 2.45) is 0 Å². The number of benzene rings is 1. The first-order valence-corrected chi connectivity index (χ1v) is 5.90. The second-order valence-corrected chi connectivity index (χ2v) is 4.47. The summed E-state index contributed by atoms with van der Waals surface area (Å²) in [5.74, 6) is 0.925. The standard InChI is InChI=1S/C12H13BrN2O/c1-10-2-3-11(13)8-12(10)16-7-6-15-5-4-14-9-15/h2-5,8-9H,6-7H2,1H3. The van der Waals surface area contributed by atoms with Crippen molar-refractivity contribution in [3.05, 3.63) is 47.0 Å². The number of rotatable bonds is 4. The van der Waals surface area contributed by atoms with Gasteiger partial charge in [0.05, 0.1) is 12.9 Å². The van der Waals surface area contributed by atoms with E-state index in [2.05, 4.69) is 20.9 Å². The van der Waals surface area contributed by atoms with Gasteiger partial charge in [0.2, 0.25) is 0 Å². The number of ether oxygens (including phenoxy) is 1. The highest BCUT2D eigenvalue weighted by molar-refractivity contribution is 9.10. The van der Waals surface area contributed by atoms with Gasteiger partial charge in [-0.25, -0.2) is 4.98 Å². The highest BCUT2D eigenvalue weighted by atomic mass is 79.9. The second kappa shape index (κ2) is 5.16. The van der Waals surface area contributed by atoms with Crippen LogP contribution in [0.3, 0.4) is 0 Å². The van der Waals surface area contributed by atoms with Gasteiger partial charge in [-0.1, -0.05) is 22.0 Å². The van der Waals surface area contributed by atoms with E-state index in [1.165, 1.54) is 0 Å². The molecule has 0 spiro atoms. The van der Waals surface area contributed by atoms with E-state index < -0.39 is 0 Å². The van der Waals surface area contributed by atoms with Gasteiger partial charge in [-0.2, -0.15) is 0 Å². The van der Waals surface area contributed by atoms with E-state index in [0.717, 1.165) is 22.3 Å². The summed E-state index contributed by atoms with van der Waals surface area (Å²) < 4.78 is 8.74. The van der Waals surface area contributed by atoms with Gasteiger partial charge in [0.1, 0.15) is 12.4 Å². The zero-order valence-corrected chi connectivity index (χ0v) is 10.6. The lowest BCUT2D eigenvalue weighted by Gasteiger charge is -2.09. The van der Waals surface area contributed by atoms with Crippen molar-refractivity contribution in [2.45, 2.75) is 13.5 Å². The zero-order valence-electron chi connectivity index (χ0n) is 9.06. The number of halogens is 1. The maximum absolute atomic E-state index is 5.71. The predicted octanol–water partition coefficient (Wildman–Crippen LogP) is 3.03. The summed E-state index contributed by atoms with van der Waals surface area (Å²) in [6.07, 6.45) is 5.48. The van der Waals surface area contributed by atoms with Crippen LogP contribution in [0.15, 0.2) is 41.4 Å². The van der Waals surface area contributed by atoms with Crippen molar-refractivity contribution >= 4 is 15.9 Å². The van der Waals surface area contributed by atoms with Crippen molar-refractivity contribution in [1.29, 1.82) is 0 Å². The first-order chi connectivity index (χ1) is 7.75. The van der Waals surface area contributed by atoms with Crippen LogP contribution in [-0.4, -0.2) is 16.2 Å². The Balaban J connectivity index is 1.92. The van der Waals surface area contributed by atoms with Crippen molar-refractivity contribution in [3.8, 4) is 5.75 Å². The molecule has 0 radical (unpaired) electrons. The Labute approximate surface area is 103 Å². The molecule has 0 aliphatic rings. The SMILES string of the molecule is Cc1ccc(Br)cc1OCCn1ccnc1. The molecule has 2 rings (SSSR count). The van der Waals surface area contributed by atoms with Crippen molar-refractivity contribution in [2.75, 3.05) is 6.61 Å². The Hall–Kier alpha value is -1.29. The molecule has 1 aromatic carbocycles. The number of nitrogens with zero attached hydrogens (tertiary/aromatic N) is 2. The molecule has 0 N–H and O–H groups in total. The fourth-order valence-electron chi connectivity index (χ4n) is 1.41. The number of imidazole rings is 1. The highest BCUT2D eigenvalue weighted by Crippen LogP contribution is 2.22. The normalized spacial score (nSPS) is 10.4. The molecule has 0 aliphatic carbocycles. The number of hydrogen-bond donors (Lipinski definition) is 0. The maximum atomic E-state index is 5.71. The monoisotopic (exact) mass is 280 g/mol. The largest absolute Gasteiger partial charge is 0.491 e. The van der Waals surface area contributed by atoms with Crippen LogP contribution < -0.4 is 4.74 Å². The molecule has 0 unspecified atom stereocenters. The van der Waals surface area contributed by atoms with Crippen molar-refractivity contribution < 1.29 is 4.74 Å². The van der Waals surface area contributed by atoms with Crippen LogP contribution in [0.4, 0.5) is 0 Å². The van der Waals surface area contributed by atoms with Crippen LogP contribution in [0.2, 0.25) is 0 Å². The summed E-state index contributed by atoms with van der Waals surface area (Å²) in [5.41, 5.74) is 1.15. The van der Waals surface area contributed by atoms with Crippen LogP contribution in [0, 0.1) is 6.92 Å². The fourth-order valence-corrected chi connectivity index (χ4v) is 1.75. The van der Waals surface area contributed by atoms with E-state index in [0.29, 0.717) is 6.61 Å². The Morgan fingerprint density at radius 2 is 2.31 bits per heavy atom. The molecule has 4 heteroatoms. The molecule has 0 fully saturated rings. The lowest BCUT2D eigenvalue weighted by molar-refractivity contribution is 0.296. The first-order valence-electron chi connectivity index (χ1n) is 5.10. The first kappa shape index (κ1) is 11.2. The summed E-state index contributed by atoms with van der Waals surface area (Å²) in [6, 6.07) is 6.04. The molecule has 84 valence electrons. The molecule has 16 heavy (non-hydrogen) atoms. The zero-order chi connectivity index (χ0) is 11.4. The molecule has 3 nitrogen and oxygen atoms in total. The third kappa shape index (κ3) is 2.85. The Morgan fingerprint density at radius 3 is 3.06 bits per heavy atom. The minimum Gasteiger partial charge on any atom is -0.491 e. The quantitative estimate of drug-likeness (QED) is 0.861. The summed E-state index contributed by atoms with van der Waals surface area (Å²) in [6.45, 7) is 3.50. The smallest absolute Gasteiger partial charge is 0.123 e. The molecular formula is C12H13BrN2O. The number of aryl methyl sites for hydroxylation is 1.